The molecule has 126 valence electrons. The molecule has 0 saturated carbocycles. The predicted molar refractivity (Wildman–Crippen MR) is 88.4 cm³/mol. The van der Waals surface area contributed by atoms with Gasteiger partial charge in [-0.1, -0.05) is 15.9 Å². The van der Waals surface area contributed by atoms with E-state index < -0.39 is 11.4 Å². The van der Waals surface area contributed by atoms with Crippen molar-refractivity contribution in [3.8, 4) is 23.3 Å². The van der Waals surface area contributed by atoms with Crippen LogP contribution in [-0.4, -0.2) is 39.2 Å². The zero-order valence-corrected chi connectivity index (χ0v) is 15.2. The molecule has 1 unspecified atom stereocenters. The summed E-state index contributed by atoms with van der Waals surface area (Å²) in [5, 5.41) is 10.2. The zero-order chi connectivity index (χ0) is 17.5. The predicted octanol–water partition coefficient (Wildman–Crippen LogP) is 2.82. The fraction of sp³-hybridized carbons (Fsp3) is 0.500. The Bertz CT molecular complexity index is 574. The van der Waals surface area contributed by atoms with E-state index in [0.717, 1.165) is 0 Å². The van der Waals surface area contributed by atoms with Gasteiger partial charge in [-0.25, -0.2) is 4.79 Å². The number of benzene rings is 1. The molecule has 0 amide bonds. The molecule has 0 fully saturated rings. The van der Waals surface area contributed by atoms with E-state index >= 15 is 0 Å². The number of alkyl halides is 1. The van der Waals surface area contributed by atoms with Crippen LogP contribution in [0.4, 0.5) is 0 Å². The maximum atomic E-state index is 12.5. The highest BCUT2D eigenvalue weighted by atomic mass is 79.9. The lowest BCUT2D eigenvalue weighted by Gasteiger charge is -2.25. The van der Waals surface area contributed by atoms with Gasteiger partial charge < -0.3 is 18.9 Å². The summed E-state index contributed by atoms with van der Waals surface area (Å²) in [5.74, 6) is 0.546. The second kappa shape index (κ2) is 8.63. The monoisotopic (exact) mass is 385 g/mol. The summed E-state index contributed by atoms with van der Waals surface area (Å²) in [5.41, 5.74) is -1.01. The molecule has 0 radical (unpaired) electrons. The molecule has 0 N–H and O–H groups in total. The Hall–Kier alpha value is -1.94. The highest BCUT2D eigenvalue weighted by Gasteiger charge is 2.43. The van der Waals surface area contributed by atoms with Gasteiger partial charge in [0.25, 0.3) is 0 Å². The molecule has 0 aliphatic carbocycles. The number of esters is 1. The minimum atomic E-state index is -1.45. The fourth-order valence-electron chi connectivity index (χ4n) is 2.25. The molecule has 1 aromatic carbocycles. The van der Waals surface area contributed by atoms with Crippen LogP contribution in [0.25, 0.3) is 0 Å². The molecular formula is C16H20BrNO5. The van der Waals surface area contributed by atoms with Crippen molar-refractivity contribution < 1.29 is 23.7 Å². The van der Waals surface area contributed by atoms with Crippen molar-refractivity contribution in [2.75, 3.05) is 33.3 Å². The molecule has 1 aromatic rings. The van der Waals surface area contributed by atoms with E-state index in [2.05, 4.69) is 22.0 Å². The van der Waals surface area contributed by atoms with Gasteiger partial charge >= 0.3 is 5.97 Å². The van der Waals surface area contributed by atoms with Gasteiger partial charge in [-0.3, -0.25) is 0 Å². The largest absolute Gasteiger partial charge is 0.493 e. The SMILES string of the molecule is CCOC(=O)C(C#N)(CCBr)c1cc(OC)c(OC)c(OC)c1. The van der Waals surface area contributed by atoms with E-state index in [9.17, 15) is 10.1 Å². The Morgan fingerprint density at radius 2 is 1.78 bits per heavy atom. The summed E-state index contributed by atoms with van der Waals surface area (Å²) < 4.78 is 21.0. The molecule has 0 aliphatic rings. The van der Waals surface area contributed by atoms with E-state index in [1.807, 2.05) is 0 Å². The molecule has 1 rings (SSSR count). The van der Waals surface area contributed by atoms with Gasteiger partial charge in [0.1, 0.15) is 0 Å². The third-order valence-corrected chi connectivity index (χ3v) is 3.84. The van der Waals surface area contributed by atoms with Crippen LogP contribution in [0.15, 0.2) is 12.1 Å². The van der Waals surface area contributed by atoms with Crippen LogP contribution in [0, 0.1) is 11.3 Å². The number of carbonyl (C=O) groups excluding carboxylic acids is 1. The maximum Gasteiger partial charge on any atom is 0.331 e. The van der Waals surface area contributed by atoms with Crippen molar-refractivity contribution in [1.82, 2.24) is 0 Å². The number of hydrogen-bond acceptors (Lipinski definition) is 6. The highest BCUT2D eigenvalue weighted by molar-refractivity contribution is 9.09. The average Bonchev–Trinajstić information content (AvgIpc) is 2.58. The number of methoxy groups -OCH3 is 3. The Kier molecular flexibility index (Phi) is 7.17. The van der Waals surface area contributed by atoms with Crippen LogP contribution < -0.4 is 14.2 Å². The summed E-state index contributed by atoms with van der Waals surface area (Å²) in [6.07, 6.45) is 0.251. The van der Waals surface area contributed by atoms with Gasteiger partial charge in [0.2, 0.25) is 5.75 Å². The molecule has 6 nitrogen and oxygen atoms in total. The number of nitriles is 1. The van der Waals surface area contributed by atoms with E-state index in [4.69, 9.17) is 18.9 Å². The minimum absolute atomic E-state index is 0.189. The van der Waals surface area contributed by atoms with Crippen molar-refractivity contribution in [3.63, 3.8) is 0 Å². The summed E-state index contributed by atoms with van der Waals surface area (Å²) in [6.45, 7) is 1.89. The Morgan fingerprint density at radius 1 is 1.22 bits per heavy atom. The van der Waals surface area contributed by atoms with Crippen LogP contribution in [0.3, 0.4) is 0 Å². The highest BCUT2D eigenvalue weighted by Crippen LogP contribution is 2.42. The number of hydrogen-bond donors (Lipinski definition) is 0. The molecule has 0 saturated heterocycles. The standard InChI is InChI=1S/C16H20BrNO5/c1-5-23-15(19)16(10-18,6-7-17)11-8-12(20-2)14(22-4)13(9-11)21-3/h8-9H,5-7H2,1-4H3. The Morgan fingerprint density at radius 3 is 2.13 bits per heavy atom. The quantitative estimate of drug-likeness (QED) is 0.505. The van der Waals surface area contributed by atoms with Gasteiger partial charge in [-0.2, -0.15) is 5.26 Å². The van der Waals surface area contributed by atoms with Crippen LogP contribution in [0.5, 0.6) is 17.2 Å². The van der Waals surface area contributed by atoms with Crippen LogP contribution in [0.1, 0.15) is 18.9 Å². The third-order valence-electron chi connectivity index (χ3n) is 3.44. The summed E-state index contributed by atoms with van der Waals surface area (Å²) in [6, 6.07) is 5.30. The van der Waals surface area contributed by atoms with Gasteiger partial charge in [-0.05, 0) is 31.0 Å². The van der Waals surface area contributed by atoms with Gasteiger partial charge in [0.15, 0.2) is 16.9 Å². The Labute approximate surface area is 144 Å². The average molecular weight is 386 g/mol. The summed E-state index contributed by atoms with van der Waals surface area (Å²) in [4.78, 5) is 12.5. The van der Waals surface area contributed by atoms with Crippen molar-refractivity contribution >= 4 is 21.9 Å². The van der Waals surface area contributed by atoms with Gasteiger partial charge in [0, 0.05) is 5.33 Å². The minimum Gasteiger partial charge on any atom is -0.493 e. The first-order valence-electron chi connectivity index (χ1n) is 6.99. The lowest BCUT2D eigenvalue weighted by atomic mass is 9.79. The van der Waals surface area contributed by atoms with Crippen LogP contribution in [0.2, 0.25) is 0 Å². The summed E-state index contributed by atoms with van der Waals surface area (Å²) >= 11 is 3.30. The first kappa shape index (κ1) is 19.1. The molecule has 0 spiro atoms. The lowest BCUT2D eigenvalue weighted by molar-refractivity contribution is -0.147. The van der Waals surface area contributed by atoms with Crippen molar-refractivity contribution in [1.29, 1.82) is 5.26 Å². The maximum absolute atomic E-state index is 12.5. The molecule has 1 atom stereocenters. The van der Waals surface area contributed by atoms with Crippen molar-refractivity contribution in [3.05, 3.63) is 17.7 Å². The first-order valence-corrected chi connectivity index (χ1v) is 8.11. The van der Waals surface area contributed by atoms with Crippen molar-refractivity contribution in [2.24, 2.45) is 0 Å². The number of rotatable bonds is 8. The number of ether oxygens (including phenoxy) is 4. The van der Waals surface area contributed by atoms with Crippen molar-refractivity contribution in [2.45, 2.75) is 18.8 Å². The summed E-state index contributed by atoms with van der Waals surface area (Å²) in [7, 11) is 4.44. The molecule has 0 aromatic heterocycles. The Balaban J connectivity index is 3.59. The zero-order valence-electron chi connectivity index (χ0n) is 13.6. The number of halogens is 1. The molecule has 0 heterocycles. The molecule has 23 heavy (non-hydrogen) atoms. The third kappa shape index (κ3) is 3.70. The van der Waals surface area contributed by atoms with E-state index in [1.165, 1.54) is 21.3 Å². The molecule has 0 bridgehead atoms. The topological polar surface area (TPSA) is 77.8 Å². The molecule has 0 aliphatic heterocycles. The smallest absolute Gasteiger partial charge is 0.331 e. The molecule has 7 heteroatoms. The van der Waals surface area contributed by atoms with Crippen LogP contribution in [-0.2, 0) is 14.9 Å². The molecular weight excluding hydrogens is 366 g/mol. The normalized spacial score (nSPS) is 12.7. The second-order valence-corrected chi connectivity index (χ2v) is 5.38. The fourth-order valence-corrected chi connectivity index (χ4v) is 2.85. The number of nitrogens with zero attached hydrogens (tertiary/aromatic N) is 1. The van der Waals surface area contributed by atoms with Crippen LogP contribution >= 0.6 is 15.9 Å². The first-order chi connectivity index (χ1) is 11.0. The second-order valence-electron chi connectivity index (χ2n) is 4.59. The van der Waals surface area contributed by atoms with E-state index in [-0.39, 0.29) is 13.0 Å². The van der Waals surface area contributed by atoms with E-state index in [1.54, 1.807) is 19.1 Å². The van der Waals surface area contributed by atoms with E-state index in [0.29, 0.717) is 28.1 Å². The number of carbonyl (C=O) groups is 1. The lowest BCUT2D eigenvalue weighted by Crippen LogP contribution is -2.36. The van der Waals surface area contributed by atoms with Gasteiger partial charge in [0.05, 0.1) is 34.0 Å². The van der Waals surface area contributed by atoms with Gasteiger partial charge in [-0.15, -0.1) is 0 Å².